The molecule has 23 heavy (non-hydrogen) atoms. The summed E-state index contributed by atoms with van der Waals surface area (Å²) in [5, 5.41) is 0. The largest absolute Gasteiger partial charge is 0.490 e. The molecule has 0 unspecified atom stereocenters. The van der Waals surface area contributed by atoms with Crippen molar-refractivity contribution in [1.29, 1.82) is 0 Å². The molecular weight excluding hydrogens is 360 g/mol. The summed E-state index contributed by atoms with van der Waals surface area (Å²) in [7, 11) is 1.62. The van der Waals surface area contributed by atoms with E-state index in [4.69, 9.17) is 14.2 Å². The summed E-state index contributed by atoms with van der Waals surface area (Å²) in [6.45, 7) is 4.81. The number of aryl methyl sites for hydroxylation is 2. The third-order valence-electron chi connectivity index (χ3n) is 3.26. The molecule has 2 rings (SSSR count). The molecule has 0 aromatic heterocycles. The number of rotatable bonds is 6. The third-order valence-corrected chi connectivity index (χ3v) is 3.88. The second-order valence-electron chi connectivity index (χ2n) is 5.14. The number of esters is 1. The van der Waals surface area contributed by atoms with Crippen LogP contribution < -0.4 is 9.47 Å². The number of carbonyl (C=O) groups excluding carboxylic acids is 1. The highest BCUT2D eigenvalue weighted by atomic mass is 79.9. The molecule has 0 bridgehead atoms. The highest BCUT2D eigenvalue weighted by Crippen LogP contribution is 2.27. The normalized spacial score (nSPS) is 10.4. The van der Waals surface area contributed by atoms with Crippen LogP contribution in [0.25, 0.3) is 0 Å². The summed E-state index contributed by atoms with van der Waals surface area (Å²) in [5.74, 6) is 0.833. The molecule has 0 spiro atoms. The Morgan fingerprint density at radius 1 is 1.04 bits per heavy atom. The van der Waals surface area contributed by atoms with E-state index in [0.29, 0.717) is 34.7 Å². The zero-order valence-corrected chi connectivity index (χ0v) is 15.0. The molecule has 0 saturated carbocycles. The second kappa shape index (κ2) is 8.13. The Labute approximate surface area is 144 Å². The SMILES string of the molecule is COCCOc1ccc(C(=O)Oc2cc(C)ccc2C)cc1Br. The van der Waals surface area contributed by atoms with Crippen molar-refractivity contribution in [1.82, 2.24) is 0 Å². The fraction of sp³-hybridized carbons (Fsp3) is 0.278. The van der Waals surface area contributed by atoms with Crippen LogP contribution in [-0.4, -0.2) is 26.3 Å². The van der Waals surface area contributed by atoms with Crippen LogP contribution in [-0.2, 0) is 4.74 Å². The van der Waals surface area contributed by atoms with Gasteiger partial charge >= 0.3 is 5.97 Å². The van der Waals surface area contributed by atoms with Crippen LogP contribution in [0.2, 0.25) is 0 Å². The van der Waals surface area contributed by atoms with E-state index in [0.717, 1.165) is 11.1 Å². The van der Waals surface area contributed by atoms with Crippen LogP contribution in [0.15, 0.2) is 40.9 Å². The van der Waals surface area contributed by atoms with Crippen LogP contribution in [0.1, 0.15) is 21.5 Å². The number of hydrogen-bond donors (Lipinski definition) is 0. The summed E-state index contributed by atoms with van der Waals surface area (Å²) >= 11 is 3.41. The lowest BCUT2D eigenvalue weighted by molar-refractivity contribution is 0.0733. The maximum absolute atomic E-state index is 12.3. The van der Waals surface area contributed by atoms with Crippen molar-refractivity contribution < 1.29 is 19.0 Å². The van der Waals surface area contributed by atoms with Gasteiger partial charge in [-0.05, 0) is 65.2 Å². The summed E-state index contributed by atoms with van der Waals surface area (Å²) in [6.07, 6.45) is 0. The molecule has 122 valence electrons. The fourth-order valence-corrected chi connectivity index (χ4v) is 2.45. The van der Waals surface area contributed by atoms with Crippen LogP contribution >= 0.6 is 15.9 Å². The van der Waals surface area contributed by atoms with Crippen molar-refractivity contribution >= 4 is 21.9 Å². The van der Waals surface area contributed by atoms with E-state index >= 15 is 0 Å². The molecule has 0 aliphatic heterocycles. The Morgan fingerprint density at radius 2 is 1.83 bits per heavy atom. The Morgan fingerprint density at radius 3 is 2.52 bits per heavy atom. The Hall–Kier alpha value is -1.85. The van der Waals surface area contributed by atoms with Crippen molar-refractivity contribution in [3.63, 3.8) is 0 Å². The molecule has 2 aromatic rings. The molecular formula is C18H19BrO4. The van der Waals surface area contributed by atoms with Crippen LogP contribution in [0.3, 0.4) is 0 Å². The number of hydrogen-bond acceptors (Lipinski definition) is 4. The van der Waals surface area contributed by atoms with Gasteiger partial charge in [0.05, 0.1) is 16.6 Å². The van der Waals surface area contributed by atoms with Gasteiger partial charge in [-0.15, -0.1) is 0 Å². The summed E-state index contributed by atoms with van der Waals surface area (Å²) in [4.78, 5) is 12.3. The number of ether oxygens (including phenoxy) is 3. The molecule has 0 radical (unpaired) electrons. The molecule has 0 saturated heterocycles. The molecule has 4 nitrogen and oxygen atoms in total. The lowest BCUT2D eigenvalue weighted by Crippen LogP contribution is -2.10. The lowest BCUT2D eigenvalue weighted by Gasteiger charge is -2.11. The molecule has 0 aliphatic carbocycles. The Bertz CT molecular complexity index is 697. The van der Waals surface area contributed by atoms with E-state index in [2.05, 4.69) is 15.9 Å². The first kappa shape index (κ1) is 17.5. The lowest BCUT2D eigenvalue weighted by atomic mass is 10.1. The van der Waals surface area contributed by atoms with E-state index in [1.54, 1.807) is 25.3 Å². The first-order valence-electron chi connectivity index (χ1n) is 7.22. The standard InChI is InChI=1S/C18H19BrO4/c1-12-4-5-13(2)17(10-12)23-18(20)14-6-7-16(15(19)11-14)22-9-8-21-3/h4-7,10-11H,8-9H2,1-3H3. The summed E-state index contributed by atoms with van der Waals surface area (Å²) < 4.78 is 16.7. The van der Waals surface area contributed by atoms with Gasteiger partial charge in [-0.1, -0.05) is 12.1 Å². The maximum atomic E-state index is 12.3. The smallest absolute Gasteiger partial charge is 0.343 e. The minimum absolute atomic E-state index is 0.400. The average molecular weight is 379 g/mol. The van der Waals surface area contributed by atoms with Gasteiger partial charge in [0, 0.05) is 7.11 Å². The molecule has 0 fully saturated rings. The van der Waals surface area contributed by atoms with E-state index < -0.39 is 5.97 Å². The molecule has 2 aromatic carbocycles. The quantitative estimate of drug-likeness (QED) is 0.426. The molecule has 5 heteroatoms. The number of methoxy groups -OCH3 is 1. The highest BCUT2D eigenvalue weighted by Gasteiger charge is 2.13. The Kier molecular flexibility index (Phi) is 6.19. The van der Waals surface area contributed by atoms with Crippen LogP contribution in [0.4, 0.5) is 0 Å². The summed E-state index contributed by atoms with van der Waals surface area (Å²) in [6, 6.07) is 10.9. The van der Waals surface area contributed by atoms with Crippen molar-refractivity contribution in [2.75, 3.05) is 20.3 Å². The van der Waals surface area contributed by atoms with E-state index in [1.807, 2.05) is 32.0 Å². The zero-order valence-electron chi connectivity index (χ0n) is 13.4. The van der Waals surface area contributed by atoms with Gasteiger partial charge in [0.1, 0.15) is 18.1 Å². The Balaban J connectivity index is 2.10. The number of carbonyl (C=O) groups is 1. The van der Waals surface area contributed by atoms with Crippen molar-refractivity contribution in [2.45, 2.75) is 13.8 Å². The minimum atomic E-state index is -0.400. The van der Waals surface area contributed by atoms with Gasteiger partial charge in [0.15, 0.2) is 0 Å². The zero-order chi connectivity index (χ0) is 16.8. The number of benzene rings is 2. The molecule has 0 N–H and O–H groups in total. The molecule has 0 amide bonds. The van der Waals surface area contributed by atoms with E-state index in [9.17, 15) is 4.79 Å². The molecule has 0 heterocycles. The van der Waals surface area contributed by atoms with Crippen molar-refractivity contribution in [2.24, 2.45) is 0 Å². The minimum Gasteiger partial charge on any atom is -0.490 e. The second-order valence-corrected chi connectivity index (χ2v) is 6.00. The average Bonchev–Trinajstić information content (AvgIpc) is 2.52. The van der Waals surface area contributed by atoms with Crippen molar-refractivity contribution in [3.8, 4) is 11.5 Å². The highest BCUT2D eigenvalue weighted by molar-refractivity contribution is 9.10. The van der Waals surface area contributed by atoms with Gasteiger partial charge in [-0.2, -0.15) is 0 Å². The molecule has 0 aliphatic rings. The van der Waals surface area contributed by atoms with E-state index in [1.165, 1.54) is 0 Å². The van der Waals surface area contributed by atoms with Gasteiger partial charge < -0.3 is 14.2 Å². The first-order chi connectivity index (χ1) is 11.0. The fourth-order valence-electron chi connectivity index (χ4n) is 1.96. The predicted octanol–water partition coefficient (Wildman–Crippen LogP) is 4.31. The third kappa shape index (κ3) is 4.81. The van der Waals surface area contributed by atoms with Crippen LogP contribution in [0.5, 0.6) is 11.5 Å². The van der Waals surface area contributed by atoms with Gasteiger partial charge in [-0.3, -0.25) is 0 Å². The van der Waals surface area contributed by atoms with E-state index in [-0.39, 0.29) is 0 Å². The van der Waals surface area contributed by atoms with Gasteiger partial charge in [0.25, 0.3) is 0 Å². The van der Waals surface area contributed by atoms with Crippen molar-refractivity contribution in [3.05, 3.63) is 57.6 Å². The monoisotopic (exact) mass is 378 g/mol. The first-order valence-corrected chi connectivity index (χ1v) is 8.01. The van der Waals surface area contributed by atoms with Gasteiger partial charge in [-0.25, -0.2) is 4.79 Å². The summed E-state index contributed by atoms with van der Waals surface area (Å²) in [5.41, 5.74) is 2.42. The topological polar surface area (TPSA) is 44.8 Å². The van der Waals surface area contributed by atoms with Gasteiger partial charge in [0.2, 0.25) is 0 Å². The molecule has 0 atom stereocenters. The number of halogens is 1. The predicted molar refractivity (Wildman–Crippen MR) is 92.4 cm³/mol. The van der Waals surface area contributed by atoms with Crippen LogP contribution in [0, 0.1) is 13.8 Å². The maximum Gasteiger partial charge on any atom is 0.343 e.